The maximum atomic E-state index is 12.7. The third kappa shape index (κ3) is 3.33. The first-order chi connectivity index (χ1) is 9.41. The number of anilines is 1. The number of nitrogens with two attached hydrogens (primary N) is 1. The predicted octanol–water partition coefficient (Wildman–Crippen LogP) is 2.43. The lowest BCUT2D eigenvalue weighted by molar-refractivity contribution is -0.137. The standard InChI is InChI=1S/C13H18F3N3O/c1-2-20-11-6-9(13(14,15)16)7-18-12(11)19-5-3-4-10(17)8-19/h6-7,10H,2-5,8,17H2,1H3/t10-/m1/s1. The molecule has 0 amide bonds. The van der Waals surface area contributed by atoms with Crippen molar-refractivity contribution in [2.45, 2.75) is 32.0 Å². The second-order valence-electron chi connectivity index (χ2n) is 4.82. The van der Waals surface area contributed by atoms with Gasteiger partial charge in [0.25, 0.3) is 0 Å². The number of aromatic nitrogens is 1. The van der Waals surface area contributed by atoms with Gasteiger partial charge in [0.2, 0.25) is 0 Å². The Morgan fingerprint density at radius 1 is 1.50 bits per heavy atom. The highest BCUT2D eigenvalue weighted by atomic mass is 19.4. The fourth-order valence-electron chi connectivity index (χ4n) is 2.29. The van der Waals surface area contributed by atoms with Crippen LogP contribution in [-0.4, -0.2) is 30.7 Å². The Hall–Kier alpha value is -1.50. The van der Waals surface area contributed by atoms with Crippen LogP contribution in [0.3, 0.4) is 0 Å². The minimum absolute atomic E-state index is 0.0160. The maximum absolute atomic E-state index is 12.7. The van der Waals surface area contributed by atoms with Crippen molar-refractivity contribution in [2.24, 2.45) is 5.73 Å². The van der Waals surface area contributed by atoms with E-state index in [1.165, 1.54) is 0 Å². The molecular formula is C13H18F3N3O. The van der Waals surface area contributed by atoms with E-state index in [2.05, 4.69) is 4.98 Å². The molecule has 0 aromatic carbocycles. The van der Waals surface area contributed by atoms with E-state index in [0.717, 1.165) is 31.6 Å². The molecule has 112 valence electrons. The smallest absolute Gasteiger partial charge is 0.418 e. The van der Waals surface area contributed by atoms with Crippen molar-refractivity contribution in [3.05, 3.63) is 17.8 Å². The number of alkyl halides is 3. The monoisotopic (exact) mass is 289 g/mol. The van der Waals surface area contributed by atoms with Crippen LogP contribution in [0.5, 0.6) is 5.75 Å². The first-order valence-electron chi connectivity index (χ1n) is 6.62. The summed E-state index contributed by atoms with van der Waals surface area (Å²) in [6.07, 6.45) is -1.76. The summed E-state index contributed by atoms with van der Waals surface area (Å²) >= 11 is 0. The highest BCUT2D eigenvalue weighted by Gasteiger charge is 2.33. The van der Waals surface area contributed by atoms with E-state index in [0.29, 0.717) is 12.4 Å². The summed E-state index contributed by atoms with van der Waals surface area (Å²) in [5.74, 6) is 0.603. The molecule has 1 atom stereocenters. The van der Waals surface area contributed by atoms with Gasteiger partial charge in [-0.3, -0.25) is 0 Å². The first kappa shape index (κ1) is 14.9. The Morgan fingerprint density at radius 3 is 2.85 bits per heavy atom. The van der Waals surface area contributed by atoms with Crippen LogP contribution in [0.25, 0.3) is 0 Å². The topological polar surface area (TPSA) is 51.4 Å². The quantitative estimate of drug-likeness (QED) is 0.928. The highest BCUT2D eigenvalue weighted by molar-refractivity contribution is 5.54. The van der Waals surface area contributed by atoms with Crippen LogP contribution < -0.4 is 15.4 Å². The Morgan fingerprint density at radius 2 is 2.25 bits per heavy atom. The van der Waals surface area contributed by atoms with Gasteiger partial charge in [-0.15, -0.1) is 0 Å². The van der Waals surface area contributed by atoms with E-state index in [9.17, 15) is 13.2 Å². The fourth-order valence-corrected chi connectivity index (χ4v) is 2.29. The molecule has 0 spiro atoms. The van der Waals surface area contributed by atoms with E-state index in [1.54, 1.807) is 6.92 Å². The summed E-state index contributed by atoms with van der Waals surface area (Å²) in [5.41, 5.74) is 5.10. The van der Waals surface area contributed by atoms with Crippen molar-refractivity contribution in [1.82, 2.24) is 4.98 Å². The number of rotatable bonds is 3. The van der Waals surface area contributed by atoms with E-state index in [1.807, 2.05) is 4.90 Å². The SMILES string of the molecule is CCOc1cc(C(F)(F)F)cnc1N1CCC[C@@H](N)C1. The normalized spacial score (nSPS) is 20.1. The van der Waals surface area contributed by atoms with Crippen molar-refractivity contribution in [1.29, 1.82) is 0 Å². The van der Waals surface area contributed by atoms with E-state index in [4.69, 9.17) is 10.5 Å². The molecule has 4 nitrogen and oxygen atoms in total. The van der Waals surface area contributed by atoms with Crippen LogP contribution in [0.1, 0.15) is 25.3 Å². The van der Waals surface area contributed by atoms with Gasteiger partial charge in [0.05, 0.1) is 12.2 Å². The number of halogens is 3. The molecule has 0 radical (unpaired) electrons. The van der Waals surface area contributed by atoms with Gasteiger partial charge in [0, 0.05) is 25.3 Å². The molecule has 0 unspecified atom stereocenters. The molecule has 20 heavy (non-hydrogen) atoms. The maximum Gasteiger partial charge on any atom is 0.418 e. The van der Waals surface area contributed by atoms with Gasteiger partial charge in [-0.25, -0.2) is 4.98 Å². The number of piperidine rings is 1. The molecule has 7 heteroatoms. The molecule has 0 saturated carbocycles. The minimum atomic E-state index is -4.42. The van der Waals surface area contributed by atoms with E-state index in [-0.39, 0.29) is 18.4 Å². The zero-order valence-corrected chi connectivity index (χ0v) is 11.3. The molecule has 1 aromatic rings. The molecule has 1 aromatic heterocycles. The Balaban J connectivity index is 2.32. The van der Waals surface area contributed by atoms with Gasteiger partial charge in [-0.05, 0) is 25.8 Å². The van der Waals surface area contributed by atoms with Crippen molar-refractivity contribution < 1.29 is 17.9 Å². The van der Waals surface area contributed by atoms with Gasteiger partial charge < -0.3 is 15.4 Å². The second kappa shape index (κ2) is 5.87. The molecule has 0 aliphatic carbocycles. The zero-order valence-electron chi connectivity index (χ0n) is 11.3. The summed E-state index contributed by atoms with van der Waals surface area (Å²) in [5, 5.41) is 0. The lowest BCUT2D eigenvalue weighted by Crippen LogP contribution is -2.43. The average Bonchev–Trinajstić information content (AvgIpc) is 2.38. The van der Waals surface area contributed by atoms with Gasteiger partial charge in [0.15, 0.2) is 11.6 Å². The van der Waals surface area contributed by atoms with Crippen LogP contribution in [0.2, 0.25) is 0 Å². The third-order valence-corrected chi connectivity index (χ3v) is 3.22. The summed E-state index contributed by atoms with van der Waals surface area (Å²) in [7, 11) is 0. The number of hydrogen-bond donors (Lipinski definition) is 1. The van der Waals surface area contributed by atoms with Crippen LogP contribution in [0.15, 0.2) is 12.3 Å². The predicted molar refractivity (Wildman–Crippen MR) is 69.8 cm³/mol. The highest BCUT2D eigenvalue weighted by Crippen LogP contribution is 2.35. The number of nitrogens with zero attached hydrogens (tertiary/aromatic N) is 2. The first-order valence-corrected chi connectivity index (χ1v) is 6.62. The molecular weight excluding hydrogens is 271 g/mol. The minimum Gasteiger partial charge on any atom is -0.490 e. The summed E-state index contributed by atoms with van der Waals surface area (Å²) in [6, 6.07) is 1.02. The summed E-state index contributed by atoms with van der Waals surface area (Å²) in [6.45, 7) is 3.33. The van der Waals surface area contributed by atoms with Gasteiger partial charge in [-0.2, -0.15) is 13.2 Å². The molecule has 1 aliphatic heterocycles. The van der Waals surface area contributed by atoms with Gasteiger partial charge >= 0.3 is 6.18 Å². The Bertz CT molecular complexity index is 465. The molecule has 1 aliphatic rings. The lowest BCUT2D eigenvalue weighted by Gasteiger charge is -2.32. The molecule has 1 saturated heterocycles. The lowest BCUT2D eigenvalue weighted by atomic mass is 10.1. The number of pyridine rings is 1. The van der Waals surface area contributed by atoms with E-state index < -0.39 is 11.7 Å². The molecule has 2 rings (SSSR count). The van der Waals surface area contributed by atoms with E-state index >= 15 is 0 Å². The second-order valence-corrected chi connectivity index (χ2v) is 4.82. The molecule has 2 heterocycles. The van der Waals surface area contributed by atoms with Crippen molar-refractivity contribution in [3.63, 3.8) is 0 Å². The third-order valence-electron chi connectivity index (χ3n) is 3.22. The van der Waals surface area contributed by atoms with Gasteiger partial charge in [0.1, 0.15) is 0 Å². The van der Waals surface area contributed by atoms with Crippen molar-refractivity contribution in [3.8, 4) is 5.75 Å². The largest absolute Gasteiger partial charge is 0.490 e. The summed E-state index contributed by atoms with van der Waals surface area (Å²) < 4.78 is 43.5. The van der Waals surface area contributed by atoms with Gasteiger partial charge in [-0.1, -0.05) is 0 Å². The Labute approximate surface area is 115 Å². The molecule has 2 N–H and O–H groups in total. The fraction of sp³-hybridized carbons (Fsp3) is 0.615. The summed E-state index contributed by atoms with van der Waals surface area (Å²) in [4.78, 5) is 5.84. The van der Waals surface area contributed by atoms with Crippen LogP contribution >= 0.6 is 0 Å². The van der Waals surface area contributed by atoms with Crippen molar-refractivity contribution >= 4 is 5.82 Å². The van der Waals surface area contributed by atoms with Crippen LogP contribution in [-0.2, 0) is 6.18 Å². The molecule has 1 fully saturated rings. The number of ether oxygens (including phenoxy) is 1. The van der Waals surface area contributed by atoms with Crippen LogP contribution in [0, 0.1) is 0 Å². The van der Waals surface area contributed by atoms with Crippen molar-refractivity contribution in [2.75, 3.05) is 24.6 Å². The van der Waals surface area contributed by atoms with Crippen LogP contribution in [0.4, 0.5) is 19.0 Å². The number of hydrogen-bond acceptors (Lipinski definition) is 4. The molecule has 0 bridgehead atoms. The zero-order chi connectivity index (χ0) is 14.8. The average molecular weight is 289 g/mol. The Kier molecular flexibility index (Phi) is 4.37.